The maximum absolute atomic E-state index is 13.3. The van der Waals surface area contributed by atoms with E-state index in [1.54, 1.807) is 48.5 Å². The van der Waals surface area contributed by atoms with Crippen molar-refractivity contribution in [2.45, 2.75) is 25.1 Å². The van der Waals surface area contributed by atoms with Crippen LogP contribution in [-0.2, 0) is 10.9 Å². The third-order valence-corrected chi connectivity index (χ3v) is 6.05. The summed E-state index contributed by atoms with van der Waals surface area (Å²) in [5.41, 5.74) is -4.23. The van der Waals surface area contributed by atoms with Gasteiger partial charge in [-0.25, -0.2) is 0 Å². The van der Waals surface area contributed by atoms with E-state index in [1.165, 1.54) is 11.8 Å². The minimum Gasteiger partial charge on any atom is -0.418 e. The summed E-state index contributed by atoms with van der Waals surface area (Å²) in [7, 11) is -7.83. The first-order valence-corrected chi connectivity index (χ1v) is 8.16. The highest BCUT2D eigenvalue weighted by atomic mass is 32.2. The van der Waals surface area contributed by atoms with Gasteiger partial charge in [0.15, 0.2) is 20.7 Å². The standard InChI is InChI=1S/C13H8F3S2.BF4/c14-13(15,16)18-11-7-3-1-5-9(11)17-10-6-2-4-8-12(10)18;2-1(3,4)5/h1-8H;/q+1;-1. The van der Waals surface area contributed by atoms with Gasteiger partial charge in [0.2, 0.25) is 0 Å². The molecule has 0 fully saturated rings. The monoisotopic (exact) mass is 372 g/mol. The van der Waals surface area contributed by atoms with Gasteiger partial charge in [0, 0.05) is 0 Å². The predicted molar refractivity (Wildman–Crippen MR) is 77.1 cm³/mol. The van der Waals surface area contributed by atoms with Gasteiger partial charge in [-0.15, -0.1) is 13.2 Å². The first kappa shape index (κ1) is 18.1. The first-order chi connectivity index (χ1) is 10.6. The third-order valence-electron chi connectivity index (χ3n) is 2.59. The quantitative estimate of drug-likeness (QED) is 0.310. The summed E-state index contributed by atoms with van der Waals surface area (Å²) in [6.07, 6.45) is 0. The highest BCUT2D eigenvalue weighted by Crippen LogP contribution is 2.50. The Kier molecular flexibility index (Phi) is 5.25. The molecule has 23 heavy (non-hydrogen) atoms. The van der Waals surface area contributed by atoms with Crippen LogP contribution in [0.4, 0.5) is 30.4 Å². The van der Waals surface area contributed by atoms with Crippen LogP contribution in [-0.4, -0.2) is 12.8 Å². The van der Waals surface area contributed by atoms with Crippen LogP contribution in [0.2, 0.25) is 0 Å². The van der Waals surface area contributed by atoms with E-state index in [9.17, 15) is 30.4 Å². The lowest BCUT2D eigenvalue weighted by Gasteiger charge is -2.19. The van der Waals surface area contributed by atoms with Crippen LogP contribution in [0.25, 0.3) is 0 Å². The molecule has 1 heterocycles. The Hall–Kier alpha value is -1.29. The second kappa shape index (κ2) is 6.68. The molecule has 3 rings (SSSR count). The Balaban J connectivity index is 0.000000338. The van der Waals surface area contributed by atoms with Gasteiger partial charge in [-0.2, -0.15) is 0 Å². The second-order valence-corrected chi connectivity index (χ2v) is 7.28. The molecule has 2 aromatic carbocycles. The molecule has 1 aliphatic heterocycles. The van der Waals surface area contributed by atoms with Crippen molar-refractivity contribution in [2.75, 3.05) is 0 Å². The van der Waals surface area contributed by atoms with Crippen LogP contribution in [0.15, 0.2) is 68.1 Å². The molecular formula is C13H8BF7S2. The summed E-state index contributed by atoms with van der Waals surface area (Å²) < 4.78 is 78.9. The van der Waals surface area contributed by atoms with Crippen molar-refractivity contribution in [1.29, 1.82) is 0 Å². The number of hydrogen-bond donors (Lipinski definition) is 0. The number of fused-ring (bicyclic) bond motifs is 2. The summed E-state index contributed by atoms with van der Waals surface area (Å²) in [5, 5.41) is 0. The number of benzene rings is 2. The molecule has 0 unspecified atom stereocenters. The molecule has 0 saturated carbocycles. The zero-order valence-electron chi connectivity index (χ0n) is 11.2. The molecule has 0 saturated heterocycles. The molecule has 2 aromatic rings. The molecule has 0 spiro atoms. The second-order valence-electron chi connectivity index (χ2n) is 4.24. The normalized spacial score (nSPS) is 14.4. The maximum Gasteiger partial charge on any atom is 0.673 e. The zero-order valence-corrected chi connectivity index (χ0v) is 12.8. The topological polar surface area (TPSA) is 0 Å². The fraction of sp³-hybridized carbons (Fsp3) is 0.0769. The van der Waals surface area contributed by atoms with E-state index in [0.717, 1.165) is 0 Å². The highest BCUT2D eigenvalue weighted by molar-refractivity contribution is 8.04. The molecule has 1 aliphatic rings. The molecule has 0 N–H and O–H groups in total. The zero-order chi connectivity index (χ0) is 17.3. The van der Waals surface area contributed by atoms with Gasteiger partial charge in [0.05, 0.1) is 9.79 Å². The molecule has 0 bridgehead atoms. The lowest BCUT2D eigenvalue weighted by molar-refractivity contribution is -0.0373. The summed E-state index contributed by atoms with van der Waals surface area (Å²) in [4.78, 5) is 2.18. The van der Waals surface area contributed by atoms with Crippen molar-refractivity contribution in [1.82, 2.24) is 0 Å². The van der Waals surface area contributed by atoms with Crippen molar-refractivity contribution in [3.8, 4) is 0 Å². The molecule has 0 radical (unpaired) electrons. The first-order valence-electron chi connectivity index (χ1n) is 6.12. The van der Waals surface area contributed by atoms with Crippen LogP contribution in [0.3, 0.4) is 0 Å². The van der Waals surface area contributed by atoms with Crippen molar-refractivity contribution in [2.24, 2.45) is 0 Å². The van der Waals surface area contributed by atoms with Crippen molar-refractivity contribution < 1.29 is 30.4 Å². The molecule has 124 valence electrons. The molecule has 0 atom stereocenters. The van der Waals surface area contributed by atoms with E-state index >= 15 is 0 Å². The van der Waals surface area contributed by atoms with Gasteiger partial charge in [-0.3, -0.25) is 0 Å². The van der Waals surface area contributed by atoms with E-state index < -0.39 is 23.7 Å². The molecule has 10 heteroatoms. The number of hydrogen-bond acceptors (Lipinski definition) is 1. The average Bonchev–Trinajstić information content (AvgIpc) is 2.41. The lowest BCUT2D eigenvalue weighted by atomic mass is 10.3. The number of alkyl halides is 3. The summed E-state index contributed by atoms with van der Waals surface area (Å²) in [5.74, 6) is 0. The maximum atomic E-state index is 13.3. The fourth-order valence-electron chi connectivity index (χ4n) is 1.89. The predicted octanol–water partition coefficient (Wildman–Crippen LogP) is 6.01. The van der Waals surface area contributed by atoms with Crippen LogP contribution in [0.1, 0.15) is 0 Å². The SMILES string of the molecule is FC(F)(F)[S+]1c2ccccc2Sc2ccccc21.F[B-](F)(F)F. The highest BCUT2D eigenvalue weighted by Gasteiger charge is 2.57. The van der Waals surface area contributed by atoms with Crippen LogP contribution >= 0.6 is 11.8 Å². The summed E-state index contributed by atoms with van der Waals surface area (Å²) in [6.45, 7) is 0. The van der Waals surface area contributed by atoms with Gasteiger partial charge < -0.3 is 17.3 Å². The van der Waals surface area contributed by atoms with Gasteiger partial charge in [-0.05, 0) is 24.3 Å². The van der Waals surface area contributed by atoms with E-state index in [4.69, 9.17) is 0 Å². The van der Waals surface area contributed by atoms with Crippen molar-refractivity contribution in [3.63, 3.8) is 0 Å². The fourth-order valence-corrected chi connectivity index (χ4v) is 5.21. The minimum absolute atomic E-state index is 0.383. The lowest BCUT2D eigenvalue weighted by Crippen LogP contribution is -2.26. The number of halogens is 7. The molecular weight excluding hydrogens is 364 g/mol. The largest absolute Gasteiger partial charge is 0.673 e. The minimum atomic E-state index is -6.00. The Bertz CT molecular complexity index is 633. The molecule has 0 aromatic heterocycles. The van der Waals surface area contributed by atoms with E-state index in [1.807, 2.05) is 0 Å². The van der Waals surface area contributed by atoms with E-state index in [0.29, 0.717) is 19.6 Å². The Morgan fingerprint density at radius 2 is 1.09 bits per heavy atom. The van der Waals surface area contributed by atoms with Crippen LogP contribution < -0.4 is 0 Å². The third kappa shape index (κ3) is 4.84. The average molecular weight is 372 g/mol. The van der Waals surface area contributed by atoms with Gasteiger partial charge in [0.1, 0.15) is 0 Å². The van der Waals surface area contributed by atoms with Gasteiger partial charge >= 0.3 is 12.8 Å². The van der Waals surface area contributed by atoms with E-state index in [2.05, 4.69) is 0 Å². The van der Waals surface area contributed by atoms with Crippen molar-refractivity contribution in [3.05, 3.63) is 48.5 Å². The number of rotatable bonds is 0. The molecule has 0 nitrogen and oxygen atoms in total. The van der Waals surface area contributed by atoms with Gasteiger partial charge in [0.25, 0.3) is 0 Å². The van der Waals surface area contributed by atoms with Crippen LogP contribution in [0, 0.1) is 0 Å². The van der Waals surface area contributed by atoms with Crippen LogP contribution in [0.5, 0.6) is 0 Å². The Morgan fingerprint density at radius 3 is 1.43 bits per heavy atom. The molecule has 0 amide bonds. The summed E-state index contributed by atoms with van der Waals surface area (Å²) >= 11 is 1.41. The van der Waals surface area contributed by atoms with E-state index in [-0.39, 0.29) is 0 Å². The molecule has 0 aliphatic carbocycles. The Labute approximate surface area is 134 Å². The van der Waals surface area contributed by atoms with Gasteiger partial charge in [-0.1, -0.05) is 36.0 Å². The van der Waals surface area contributed by atoms with Crippen molar-refractivity contribution >= 4 is 29.9 Å². The Morgan fingerprint density at radius 1 is 0.739 bits per heavy atom. The smallest absolute Gasteiger partial charge is 0.418 e. The summed E-state index contributed by atoms with van der Waals surface area (Å²) in [6, 6.07) is 13.5.